The topological polar surface area (TPSA) is 40.6 Å². The lowest BCUT2D eigenvalue weighted by Gasteiger charge is -2.31. The summed E-state index contributed by atoms with van der Waals surface area (Å²) in [6, 6.07) is 23.9. The van der Waals surface area contributed by atoms with E-state index in [1.807, 2.05) is 70.5 Å². The Morgan fingerprint density at radius 3 is 2.38 bits per heavy atom. The maximum Gasteiger partial charge on any atom is 0.265 e. The second kappa shape index (κ2) is 9.90. The molecule has 172 valence electrons. The number of thioether (sulfide) groups is 1. The number of likely N-dealkylation sites (tertiary alicyclic amines) is 1. The summed E-state index contributed by atoms with van der Waals surface area (Å²) < 4.78 is 0. The molecule has 5 rings (SSSR count). The Morgan fingerprint density at radius 1 is 0.912 bits per heavy atom. The van der Waals surface area contributed by atoms with Gasteiger partial charge in [-0.3, -0.25) is 9.59 Å². The van der Waals surface area contributed by atoms with Gasteiger partial charge in [0.05, 0.1) is 17.1 Å². The fraction of sp³-hybridized carbons (Fsp3) is 0.241. The number of benzene rings is 3. The van der Waals surface area contributed by atoms with Crippen LogP contribution in [-0.2, 0) is 11.3 Å². The van der Waals surface area contributed by atoms with Gasteiger partial charge >= 0.3 is 0 Å². The number of hydrogen-bond donors (Lipinski definition) is 0. The fourth-order valence-electron chi connectivity index (χ4n) is 4.53. The molecule has 0 N–H and O–H groups in total. The SMILES string of the molecule is Cc1ccccc1CN1C(=O)/C(=C\c2ccc(C(=O)N3CCCCC3)cc2)Sc2ccccc21. The lowest BCUT2D eigenvalue weighted by atomic mass is 10.1. The molecule has 0 spiro atoms. The summed E-state index contributed by atoms with van der Waals surface area (Å²) in [6.07, 6.45) is 5.29. The van der Waals surface area contributed by atoms with Crippen LogP contribution in [0.3, 0.4) is 0 Å². The first-order chi connectivity index (χ1) is 16.6. The molecule has 1 saturated heterocycles. The van der Waals surface area contributed by atoms with Crippen molar-refractivity contribution in [1.82, 2.24) is 4.90 Å². The summed E-state index contributed by atoms with van der Waals surface area (Å²) >= 11 is 1.51. The molecule has 4 nitrogen and oxygen atoms in total. The van der Waals surface area contributed by atoms with Crippen LogP contribution in [0.4, 0.5) is 5.69 Å². The van der Waals surface area contributed by atoms with E-state index in [9.17, 15) is 9.59 Å². The molecule has 34 heavy (non-hydrogen) atoms. The number of hydrogen-bond acceptors (Lipinski definition) is 3. The predicted molar refractivity (Wildman–Crippen MR) is 139 cm³/mol. The van der Waals surface area contributed by atoms with Crippen LogP contribution in [0.25, 0.3) is 6.08 Å². The van der Waals surface area contributed by atoms with Gasteiger partial charge in [-0.2, -0.15) is 0 Å². The highest BCUT2D eigenvalue weighted by molar-refractivity contribution is 8.04. The number of para-hydroxylation sites is 1. The molecule has 3 aromatic rings. The van der Waals surface area contributed by atoms with Crippen LogP contribution in [0.1, 0.15) is 46.3 Å². The quantitative estimate of drug-likeness (QED) is 0.422. The van der Waals surface area contributed by atoms with Gasteiger partial charge in [-0.25, -0.2) is 0 Å². The summed E-state index contributed by atoms with van der Waals surface area (Å²) in [5.74, 6) is 0.0979. The maximum absolute atomic E-state index is 13.6. The first-order valence-corrected chi connectivity index (χ1v) is 12.7. The van der Waals surface area contributed by atoms with Crippen molar-refractivity contribution >= 4 is 35.3 Å². The van der Waals surface area contributed by atoms with Gasteiger partial charge in [0, 0.05) is 23.5 Å². The average molecular weight is 469 g/mol. The number of anilines is 1. The zero-order valence-corrected chi connectivity index (χ0v) is 20.2. The molecule has 0 aromatic heterocycles. The highest BCUT2D eigenvalue weighted by Gasteiger charge is 2.29. The van der Waals surface area contributed by atoms with E-state index in [0.29, 0.717) is 17.0 Å². The summed E-state index contributed by atoms with van der Waals surface area (Å²) in [6.45, 7) is 4.29. The van der Waals surface area contributed by atoms with Crippen molar-refractivity contribution in [2.24, 2.45) is 0 Å². The van der Waals surface area contributed by atoms with Crippen LogP contribution in [0, 0.1) is 6.92 Å². The first kappa shape index (κ1) is 22.5. The van der Waals surface area contributed by atoms with Crippen molar-refractivity contribution in [3.05, 3.63) is 100.0 Å². The molecule has 0 saturated carbocycles. The highest BCUT2D eigenvalue weighted by atomic mass is 32.2. The Labute approximate surface area is 205 Å². The molecular formula is C29H28N2O2S. The number of carbonyl (C=O) groups excluding carboxylic acids is 2. The number of rotatable bonds is 4. The maximum atomic E-state index is 13.6. The molecule has 0 atom stereocenters. The summed E-state index contributed by atoms with van der Waals surface area (Å²) in [7, 11) is 0. The lowest BCUT2D eigenvalue weighted by Crippen LogP contribution is -2.35. The monoisotopic (exact) mass is 468 g/mol. The third kappa shape index (κ3) is 4.66. The van der Waals surface area contributed by atoms with Gasteiger partial charge in [-0.15, -0.1) is 0 Å². The average Bonchev–Trinajstić information content (AvgIpc) is 2.88. The Morgan fingerprint density at radius 2 is 1.62 bits per heavy atom. The summed E-state index contributed by atoms with van der Waals surface area (Å²) in [5.41, 5.74) is 4.88. The number of aryl methyl sites for hydroxylation is 1. The van der Waals surface area contributed by atoms with Crippen molar-refractivity contribution in [2.45, 2.75) is 37.6 Å². The Balaban J connectivity index is 1.41. The third-order valence-corrected chi connectivity index (χ3v) is 7.60. The van der Waals surface area contributed by atoms with E-state index in [-0.39, 0.29) is 11.8 Å². The van der Waals surface area contributed by atoms with E-state index in [4.69, 9.17) is 0 Å². The van der Waals surface area contributed by atoms with Crippen LogP contribution >= 0.6 is 11.8 Å². The van der Waals surface area contributed by atoms with Crippen molar-refractivity contribution in [3.8, 4) is 0 Å². The Bertz CT molecular complexity index is 1240. The Hall–Kier alpha value is -3.31. The van der Waals surface area contributed by atoms with E-state index < -0.39 is 0 Å². The molecule has 2 aliphatic rings. The minimum atomic E-state index is 0.000391. The number of piperidine rings is 1. The molecule has 3 aromatic carbocycles. The molecule has 1 fully saturated rings. The Kier molecular flexibility index (Phi) is 6.54. The van der Waals surface area contributed by atoms with Gasteiger partial charge in [-0.05, 0) is 73.2 Å². The molecule has 0 aliphatic carbocycles. The van der Waals surface area contributed by atoms with E-state index >= 15 is 0 Å². The second-order valence-electron chi connectivity index (χ2n) is 8.87. The van der Waals surface area contributed by atoms with Crippen LogP contribution < -0.4 is 4.90 Å². The number of carbonyl (C=O) groups is 2. The molecule has 0 unspecified atom stereocenters. The summed E-state index contributed by atoms with van der Waals surface area (Å²) in [4.78, 5) is 31.9. The molecule has 2 amide bonds. The van der Waals surface area contributed by atoms with E-state index in [0.717, 1.165) is 47.6 Å². The van der Waals surface area contributed by atoms with Gasteiger partial charge in [-0.1, -0.05) is 60.3 Å². The highest BCUT2D eigenvalue weighted by Crippen LogP contribution is 2.42. The van der Waals surface area contributed by atoms with Crippen LogP contribution in [0.2, 0.25) is 0 Å². The molecule has 0 bridgehead atoms. The van der Waals surface area contributed by atoms with E-state index in [1.54, 1.807) is 0 Å². The molecular weight excluding hydrogens is 440 g/mol. The van der Waals surface area contributed by atoms with Crippen molar-refractivity contribution in [3.63, 3.8) is 0 Å². The van der Waals surface area contributed by atoms with Crippen LogP contribution in [0.5, 0.6) is 0 Å². The minimum Gasteiger partial charge on any atom is -0.339 e. The number of nitrogens with zero attached hydrogens (tertiary/aromatic N) is 2. The fourth-order valence-corrected chi connectivity index (χ4v) is 5.59. The van der Waals surface area contributed by atoms with Crippen molar-refractivity contribution in [2.75, 3.05) is 18.0 Å². The summed E-state index contributed by atoms with van der Waals surface area (Å²) in [5, 5.41) is 0. The minimum absolute atomic E-state index is 0.000391. The van der Waals surface area contributed by atoms with E-state index in [1.165, 1.54) is 23.7 Å². The van der Waals surface area contributed by atoms with Gasteiger partial charge in [0.15, 0.2) is 0 Å². The van der Waals surface area contributed by atoms with Gasteiger partial charge in [0.1, 0.15) is 0 Å². The third-order valence-electron chi connectivity index (χ3n) is 6.52. The van der Waals surface area contributed by atoms with Gasteiger partial charge in [0.25, 0.3) is 11.8 Å². The first-order valence-electron chi connectivity index (χ1n) is 11.8. The zero-order chi connectivity index (χ0) is 23.5. The van der Waals surface area contributed by atoms with Crippen LogP contribution in [-0.4, -0.2) is 29.8 Å². The van der Waals surface area contributed by atoms with Crippen molar-refractivity contribution < 1.29 is 9.59 Å². The smallest absolute Gasteiger partial charge is 0.265 e. The number of amides is 2. The standard InChI is InChI=1S/C29H28N2O2S/c1-21-9-3-4-10-24(21)20-31-25-11-5-6-12-26(25)34-27(29(31)33)19-22-13-15-23(16-14-22)28(32)30-17-7-2-8-18-30/h3-6,9-16,19H,2,7-8,17-18,20H2,1H3/b27-19+. The lowest BCUT2D eigenvalue weighted by molar-refractivity contribution is -0.114. The molecule has 2 heterocycles. The van der Waals surface area contributed by atoms with E-state index in [2.05, 4.69) is 25.1 Å². The van der Waals surface area contributed by atoms with Crippen molar-refractivity contribution in [1.29, 1.82) is 0 Å². The molecule has 5 heteroatoms. The molecule has 2 aliphatic heterocycles. The largest absolute Gasteiger partial charge is 0.339 e. The second-order valence-corrected chi connectivity index (χ2v) is 9.95. The zero-order valence-electron chi connectivity index (χ0n) is 19.4. The molecule has 0 radical (unpaired) electrons. The van der Waals surface area contributed by atoms with Crippen LogP contribution in [0.15, 0.2) is 82.6 Å². The normalized spacial score (nSPS) is 17.1. The van der Waals surface area contributed by atoms with Gasteiger partial charge < -0.3 is 9.80 Å². The number of fused-ring (bicyclic) bond motifs is 1. The van der Waals surface area contributed by atoms with Gasteiger partial charge in [0.2, 0.25) is 0 Å². The predicted octanol–water partition coefficient (Wildman–Crippen LogP) is 6.30.